The highest BCUT2D eigenvalue weighted by Gasteiger charge is 2.43. The average molecular weight is 269 g/mol. The van der Waals surface area contributed by atoms with Gasteiger partial charge in [-0.1, -0.05) is 19.0 Å². The summed E-state index contributed by atoms with van der Waals surface area (Å²) < 4.78 is 5.98. The number of ether oxygens (including phenoxy) is 1. The van der Waals surface area contributed by atoms with Crippen LogP contribution in [0.2, 0.25) is 0 Å². The smallest absolute Gasteiger partial charge is 0.143 e. The molecular weight excluding hydrogens is 242 g/mol. The fourth-order valence-electron chi connectivity index (χ4n) is 3.31. The lowest BCUT2D eigenvalue weighted by atomic mass is 9.73. The van der Waals surface area contributed by atoms with Crippen LogP contribution in [-0.4, -0.2) is 47.3 Å². The van der Waals surface area contributed by atoms with Crippen molar-refractivity contribution in [2.45, 2.75) is 57.6 Å². The summed E-state index contributed by atoms with van der Waals surface area (Å²) in [4.78, 5) is 2.46. The Bertz CT molecular complexity index is 329. The zero-order valence-electron chi connectivity index (χ0n) is 12.1. The number of amidine groups is 1. The van der Waals surface area contributed by atoms with E-state index in [-0.39, 0.29) is 11.5 Å². The third kappa shape index (κ3) is 3.20. The zero-order valence-corrected chi connectivity index (χ0v) is 12.1. The van der Waals surface area contributed by atoms with E-state index in [2.05, 4.69) is 17.0 Å². The lowest BCUT2D eigenvalue weighted by Gasteiger charge is -2.49. The molecule has 2 atom stereocenters. The van der Waals surface area contributed by atoms with Crippen molar-refractivity contribution in [3.8, 4) is 0 Å². The van der Waals surface area contributed by atoms with E-state index in [1.807, 2.05) is 6.92 Å². The molecule has 1 saturated heterocycles. The number of rotatable bonds is 5. The number of oxime groups is 1. The molecule has 2 aliphatic rings. The van der Waals surface area contributed by atoms with Crippen LogP contribution in [0.15, 0.2) is 5.16 Å². The molecule has 1 aliphatic heterocycles. The van der Waals surface area contributed by atoms with Crippen LogP contribution in [0, 0.1) is 5.92 Å². The summed E-state index contributed by atoms with van der Waals surface area (Å²) in [5, 5.41) is 11.9. The molecule has 0 bridgehead atoms. The van der Waals surface area contributed by atoms with Crippen LogP contribution in [0.4, 0.5) is 0 Å². The van der Waals surface area contributed by atoms with Gasteiger partial charge in [0.05, 0.1) is 5.60 Å². The highest BCUT2D eigenvalue weighted by molar-refractivity contribution is 5.82. The first-order valence-electron chi connectivity index (χ1n) is 7.45. The SMILES string of the molecule is CCN(CC(C)C(N)=NO)C1CCOC2(CCC2)C1. The van der Waals surface area contributed by atoms with Gasteiger partial charge in [-0.2, -0.15) is 0 Å². The Morgan fingerprint density at radius 1 is 1.58 bits per heavy atom. The van der Waals surface area contributed by atoms with E-state index in [4.69, 9.17) is 15.7 Å². The molecular formula is C14H27N3O2. The third-order valence-corrected chi connectivity index (χ3v) is 4.78. The molecule has 0 aromatic rings. The topological polar surface area (TPSA) is 71.1 Å². The van der Waals surface area contributed by atoms with Crippen molar-refractivity contribution in [2.75, 3.05) is 19.7 Å². The minimum absolute atomic E-state index is 0.0881. The molecule has 0 radical (unpaired) electrons. The molecule has 0 amide bonds. The van der Waals surface area contributed by atoms with Gasteiger partial charge in [-0.3, -0.25) is 4.90 Å². The molecule has 1 spiro atoms. The highest BCUT2D eigenvalue weighted by atomic mass is 16.5. The van der Waals surface area contributed by atoms with Gasteiger partial charge in [-0.25, -0.2) is 0 Å². The third-order valence-electron chi connectivity index (χ3n) is 4.78. The standard InChI is InChI=1S/C14H27N3O2/c1-3-17(10-11(2)13(15)16-18)12-5-8-19-14(9-12)6-4-7-14/h11-12,18H,3-10H2,1-2H3,(H2,15,16). The molecule has 5 nitrogen and oxygen atoms in total. The van der Waals surface area contributed by atoms with Gasteiger partial charge in [0.25, 0.3) is 0 Å². The van der Waals surface area contributed by atoms with Gasteiger partial charge < -0.3 is 15.7 Å². The summed E-state index contributed by atoms with van der Waals surface area (Å²) in [6.45, 7) is 6.92. The molecule has 1 heterocycles. The Morgan fingerprint density at radius 3 is 2.84 bits per heavy atom. The molecule has 1 saturated carbocycles. The van der Waals surface area contributed by atoms with Crippen molar-refractivity contribution in [1.29, 1.82) is 0 Å². The maximum Gasteiger partial charge on any atom is 0.143 e. The lowest BCUT2D eigenvalue weighted by Crippen LogP contribution is -2.53. The summed E-state index contributed by atoms with van der Waals surface area (Å²) in [5.41, 5.74) is 5.87. The van der Waals surface area contributed by atoms with Gasteiger partial charge in [0.15, 0.2) is 0 Å². The average Bonchev–Trinajstić information content (AvgIpc) is 2.41. The normalized spacial score (nSPS) is 28.4. The fraction of sp³-hybridized carbons (Fsp3) is 0.929. The molecule has 2 fully saturated rings. The first-order valence-corrected chi connectivity index (χ1v) is 7.45. The van der Waals surface area contributed by atoms with Gasteiger partial charge in [0, 0.05) is 25.1 Å². The molecule has 2 unspecified atom stereocenters. The number of hydrogen-bond acceptors (Lipinski definition) is 4. The van der Waals surface area contributed by atoms with Gasteiger partial charge in [-0.15, -0.1) is 0 Å². The number of nitrogens with zero attached hydrogens (tertiary/aromatic N) is 2. The van der Waals surface area contributed by atoms with Gasteiger partial charge in [0.2, 0.25) is 0 Å². The first kappa shape index (κ1) is 14.6. The number of hydrogen-bond donors (Lipinski definition) is 2. The maximum absolute atomic E-state index is 8.76. The molecule has 3 N–H and O–H groups in total. The first-order chi connectivity index (χ1) is 9.10. The van der Waals surface area contributed by atoms with Crippen molar-refractivity contribution in [1.82, 2.24) is 4.90 Å². The van der Waals surface area contributed by atoms with E-state index in [1.165, 1.54) is 19.3 Å². The Kier molecular flexibility index (Phi) is 4.68. The Hall–Kier alpha value is -0.810. The van der Waals surface area contributed by atoms with Crippen LogP contribution in [0.1, 0.15) is 46.0 Å². The predicted molar refractivity (Wildman–Crippen MR) is 75.4 cm³/mol. The fourth-order valence-corrected chi connectivity index (χ4v) is 3.31. The lowest BCUT2D eigenvalue weighted by molar-refractivity contribution is -0.148. The van der Waals surface area contributed by atoms with E-state index < -0.39 is 0 Å². The van der Waals surface area contributed by atoms with Crippen molar-refractivity contribution in [2.24, 2.45) is 16.8 Å². The van der Waals surface area contributed by atoms with Crippen molar-refractivity contribution in [3.05, 3.63) is 0 Å². The van der Waals surface area contributed by atoms with Crippen LogP contribution in [0.3, 0.4) is 0 Å². The second-order valence-electron chi connectivity index (χ2n) is 6.05. The second kappa shape index (κ2) is 6.09. The molecule has 0 aromatic carbocycles. The van der Waals surface area contributed by atoms with E-state index in [9.17, 15) is 0 Å². The van der Waals surface area contributed by atoms with E-state index in [1.54, 1.807) is 0 Å². The summed E-state index contributed by atoms with van der Waals surface area (Å²) in [7, 11) is 0. The second-order valence-corrected chi connectivity index (χ2v) is 6.05. The van der Waals surface area contributed by atoms with Gasteiger partial charge in [-0.05, 0) is 38.6 Å². The Balaban J connectivity index is 1.93. The minimum atomic E-state index is 0.0881. The minimum Gasteiger partial charge on any atom is -0.409 e. The quantitative estimate of drug-likeness (QED) is 0.345. The summed E-state index contributed by atoms with van der Waals surface area (Å²) in [6, 6.07) is 0.577. The van der Waals surface area contributed by atoms with E-state index in [0.29, 0.717) is 11.9 Å². The molecule has 5 heteroatoms. The van der Waals surface area contributed by atoms with Crippen LogP contribution < -0.4 is 5.73 Å². The summed E-state index contributed by atoms with van der Waals surface area (Å²) >= 11 is 0. The van der Waals surface area contributed by atoms with Gasteiger partial charge >= 0.3 is 0 Å². The van der Waals surface area contributed by atoms with Crippen LogP contribution in [0.25, 0.3) is 0 Å². The Labute approximate surface area is 115 Å². The van der Waals surface area contributed by atoms with Crippen LogP contribution in [-0.2, 0) is 4.74 Å². The summed E-state index contributed by atoms with van der Waals surface area (Å²) in [6.07, 6.45) is 5.98. The molecule has 2 rings (SSSR count). The molecule has 0 aromatic heterocycles. The van der Waals surface area contributed by atoms with Crippen LogP contribution >= 0.6 is 0 Å². The van der Waals surface area contributed by atoms with Crippen molar-refractivity contribution in [3.63, 3.8) is 0 Å². The van der Waals surface area contributed by atoms with Crippen molar-refractivity contribution >= 4 is 5.84 Å². The zero-order chi connectivity index (χ0) is 13.9. The highest BCUT2D eigenvalue weighted by Crippen LogP contribution is 2.43. The molecule has 1 aliphatic carbocycles. The van der Waals surface area contributed by atoms with Gasteiger partial charge in [0.1, 0.15) is 5.84 Å². The maximum atomic E-state index is 8.76. The summed E-state index contributed by atoms with van der Waals surface area (Å²) in [5.74, 6) is 0.411. The van der Waals surface area contributed by atoms with Crippen molar-refractivity contribution < 1.29 is 9.94 Å². The predicted octanol–water partition coefficient (Wildman–Crippen LogP) is 1.79. The van der Waals surface area contributed by atoms with Crippen LogP contribution in [0.5, 0.6) is 0 Å². The molecule has 110 valence electrons. The largest absolute Gasteiger partial charge is 0.409 e. The van der Waals surface area contributed by atoms with E-state index in [0.717, 1.165) is 32.5 Å². The number of nitrogens with two attached hydrogens (primary N) is 1. The van der Waals surface area contributed by atoms with E-state index >= 15 is 0 Å². The monoisotopic (exact) mass is 269 g/mol. The molecule has 19 heavy (non-hydrogen) atoms. The Morgan fingerprint density at radius 2 is 2.32 bits per heavy atom.